The number of nitrogens with zero attached hydrogens (tertiary/aromatic N) is 2. The van der Waals surface area contributed by atoms with Gasteiger partial charge in [0.05, 0.1) is 16.9 Å². The summed E-state index contributed by atoms with van der Waals surface area (Å²) in [5.41, 5.74) is 2.92. The Morgan fingerprint density at radius 1 is 0.857 bits per heavy atom. The molecule has 1 saturated heterocycles. The van der Waals surface area contributed by atoms with Gasteiger partial charge in [0.15, 0.2) is 11.6 Å². The van der Waals surface area contributed by atoms with Crippen molar-refractivity contribution in [3.63, 3.8) is 0 Å². The number of rotatable bonds is 5. The number of nitro benzene ring substituents is 1. The zero-order chi connectivity index (χ0) is 29.2. The molecule has 0 unspecified atom stereocenters. The number of fused-ring (bicyclic) bond motifs is 6. The molecule has 206 valence electrons. The predicted molar refractivity (Wildman–Crippen MR) is 159 cm³/mol. The molecule has 0 aromatic heterocycles. The van der Waals surface area contributed by atoms with Crippen molar-refractivity contribution in [3.8, 4) is 0 Å². The Kier molecular flexibility index (Phi) is 5.69. The van der Waals surface area contributed by atoms with E-state index in [-0.39, 0.29) is 28.7 Å². The quantitative estimate of drug-likeness (QED) is 0.191. The lowest BCUT2D eigenvalue weighted by molar-refractivity contribution is -0.384. The fraction of sp³-hybridized carbons (Fsp3) is 0.147. The lowest BCUT2D eigenvalue weighted by Gasteiger charge is -2.37. The maximum absolute atomic E-state index is 14.7. The van der Waals surface area contributed by atoms with Gasteiger partial charge >= 0.3 is 0 Å². The first kappa shape index (κ1) is 25.6. The normalized spacial score (nSPS) is 23.2. The highest BCUT2D eigenvalue weighted by Crippen LogP contribution is 2.58. The molecule has 0 aliphatic carbocycles. The van der Waals surface area contributed by atoms with Crippen molar-refractivity contribution in [2.24, 2.45) is 5.92 Å². The van der Waals surface area contributed by atoms with Gasteiger partial charge in [-0.3, -0.25) is 24.5 Å². The van der Waals surface area contributed by atoms with Crippen molar-refractivity contribution in [2.75, 3.05) is 10.2 Å². The lowest BCUT2D eigenvalue weighted by Crippen LogP contribution is -2.51. The molecule has 0 saturated carbocycles. The van der Waals surface area contributed by atoms with Crippen LogP contribution in [0.3, 0.4) is 0 Å². The standard InChI is InChI=1S/C34H25N3O5/c1-20-10-12-22(13-11-20)31(38)29-30(32(39)23-14-17-24(18-15-23)37(41)42)36-27-9-5-2-6-21(27)16-19-28(36)34(29)25-7-3-4-8-26(25)35-33(34)40/h2-19,28-30H,1H3,(H,35,40)/t28-,29-,30+,34+/m0/s1. The third-order valence-corrected chi connectivity index (χ3v) is 8.79. The second kappa shape index (κ2) is 9.34. The van der Waals surface area contributed by atoms with Crippen LogP contribution in [-0.2, 0) is 10.2 Å². The SMILES string of the molecule is Cc1ccc(C(=O)[C@@H]2[C@H](C(=O)c3ccc([N+](=O)[O-])cc3)N3c4ccccc4C=C[C@H]3[C@@]23C(=O)Nc2ccccc23)cc1. The summed E-state index contributed by atoms with van der Waals surface area (Å²) < 4.78 is 0. The molecule has 42 heavy (non-hydrogen) atoms. The van der Waals surface area contributed by atoms with Crippen LogP contribution < -0.4 is 10.2 Å². The van der Waals surface area contributed by atoms with Gasteiger partial charge in [-0.1, -0.05) is 78.4 Å². The summed E-state index contributed by atoms with van der Waals surface area (Å²) in [7, 11) is 0. The molecule has 3 aliphatic rings. The van der Waals surface area contributed by atoms with Crippen molar-refractivity contribution in [1.29, 1.82) is 0 Å². The van der Waals surface area contributed by atoms with E-state index >= 15 is 0 Å². The molecule has 7 rings (SSSR count). The monoisotopic (exact) mass is 555 g/mol. The van der Waals surface area contributed by atoms with E-state index in [1.165, 1.54) is 24.3 Å². The molecule has 8 nitrogen and oxygen atoms in total. The number of nitro groups is 1. The topological polar surface area (TPSA) is 110 Å². The molecular weight excluding hydrogens is 530 g/mol. The minimum absolute atomic E-state index is 0.144. The maximum Gasteiger partial charge on any atom is 0.269 e. The van der Waals surface area contributed by atoms with Crippen LogP contribution in [0.25, 0.3) is 6.08 Å². The Balaban J connectivity index is 1.51. The molecule has 1 fully saturated rings. The molecule has 3 heterocycles. The van der Waals surface area contributed by atoms with E-state index in [2.05, 4.69) is 5.32 Å². The minimum atomic E-state index is -1.41. The molecule has 4 aromatic rings. The van der Waals surface area contributed by atoms with Crippen molar-refractivity contribution in [2.45, 2.75) is 24.4 Å². The highest BCUT2D eigenvalue weighted by atomic mass is 16.6. The van der Waals surface area contributed by atoms with Gasteiger partial charge in [-0.15, -0.1) is 0 Å². The second-order valence-electron chi connectivity index (χ2n) is 11.0. The summed E-state index contributed by atoms with van der Waals surface area (Å²) >= 11 is 0. The maximum atomic E-state index is 14.7. The van der Waals surface area contributed by atoms with Crippen LogP contribution in [0.1, 0.15) is 37.4 Å². The second-order valence-corrected chi connectivity index (χ2v) is 11.0. The number of aryl methyl sites for hydroxylation is 1. The number of para-hydroxylation sites is 2. The van der Waals surface area contributed by atoms with Gasteiger partial charge in [-0.2, -0.15) is 0 Å². The Morgan fingerprint density at radius 3 is 2.24 bits per heavy atom. The zero-order valence-electron chi connectivity index (χ0n) is 22.6. The molecule has 4 atom stereocenters. The van der Waals surface area contributed by atoms with Gasteiger partial charge in [0.25, 0.3) is 5.69 Å². The van der Waals surface area contributed by atoms with Gasteiger partial charge in [-0.25, -0.2) is 0 Å². The number of non-ortho nitro benzene ring substituents is 1. The Hall–Kier alpha value is -5.37. The van der Waals surface area contributed by atoms with Gasteiger partial charge < -0.3 is 10.2 Å². The summed E-state index contributed by atoms with van der Waals surface area (Å²) in [6, 6.07) is 25.8. The number of hydrogen-bond donors (Lipinski definition) is 1. The first-order valence-electron chi connectivity index (χ1n) is 13.7. The van der Waals surface area contributed by atoms with Crippen molar-refractivity contribution >= 4 is 40.6 Å². The van der Waals surface area contributed by atoms with Crippen molar-refractivity contribution < 1.29 is 19.3 Å². The largest absolute Gasteiger partial charge is 0.352 e. The van der Waals surface area contributed by atoms with Crippen LogP contribution in [0.5, 0.6) is 0 Å². The highest BCUT2D eigenvalue weighted by molar-refractivity contribution is 6.18. The fourth-order valence-electron chi connectivity index (χ4n) is 6.94. The number of benzene rings is 4. The predicted octanol–water partition coefficient (Wildman–Crippen LogP) is 5.76. The van der Waals surface area contributed by atoms with Crippen LogP contribution in [0.4, 0.5) is 17.1 Å². The van der Waals surface area contributed by atoms with Gasteiger partial charge in [0.1, 0.15) is 11.5 Å². The summed E-state index contributed by atoms with van der Waals surface area (Å²) in [4.78, 5) is 56.4. The van der Waals surface area contributed by atoms with Crippen molar-refractivity contribution in [1.82, 2.24) is 0 Å². The molecule has 8 heteroatoms. The Labute approximate surface area is 241 Å². The summed E-state index contributed by atoms with van der Waals surface area (Å²) in [6.45, 7) is 1.93. The molecule has 0 bridgehead atoms. The van der Waals surface area contributed by atoms with E-state index in [4.69, 9.17) is 0 Å². The average molecular weight is 556 g/mol. The fourth-order valence-corrected chi connectivity index (χ4v) is 6.94. The van der Waals surface area contributed by atoms with Gasteiger partial charge in [-0.05, 0) is 42.3 Å². The summed E-state index contributed by atoms with van der Waals surface area (Å²) in [6.07, 6.45) is 3.86. The smallest absolute Gasteiger partial charge is 0.269 e. The molecule has 3 aliphatic heterocycles. The Morgan fingerprint density at radius 2 is 1.50 bits per heavy atom. The van der Waals surface area contributed by atoms with E-state index in [0.717, 1.165) is 16.8 Å². The van der Waals surface area contributed by atoms with E-state index in [1.54, 1.807) is 12.1 Å². The number of ketones is 2. The molecule has 0 radical (unpaired) electrons. The third kappa shape index (κ3) is 3.51. The lowest BCUT2D eigenvalue weighted by atomic mass is 9.64. The van der Waals surface area contributed by atoms with Crippen LogP contribution >= 0.6 is 0 Å². The van der Waals surface area contributed by atoms with E-state index in [1.807, 2.05) is 84.6 Å². The van der Waals surface area contributed by atoms with E-state index in [9.17, 15) is 24.5 Å². The number of anilines is 2. The third-order valence-electron chi connectivity index (χ3n) is 8.79. The zero-order valence-corrected chi connectivity index (χ0v) is 22.6. The minimum Gasteiger partial charge on any atom is -0.352 e. The van der Waals surface area contributed by atoms with Crippen LogP contribution in [0.15, 0.2) is 103 Å². The van der Waals surface area contributed by atoms with E-state index in [0.29, 0.717) is 16.8 Å². The van der Waals surface area contributed by atoms with E-state index < -0.39 is 28.3 Å². The van der Waals surface area contributed by atoms with Crippen molar-refractivity contribution in [3.05, 3.63) is 141 Å². The number of carbonyl (C=O) groups excluding carboxylic acids is 3. The number of amides is 1. The molecule has 4 aromatic carbocycles. The molecule has 1 spiro atoms. The first-order valence-corrected chi connectivity index (χ1v) is 13.7. The average Bonchev–Trinajstić information content (AvgIpc) is 3.49. The Bertz CT molecular complexity index is 1830. The van der Waals surface area contributed by atoms with Gasteiger partial charge in [0, 0.05) is 34.6 Å². The molecule has 1 amide bonds. The number of hydrogen-bond acceptors (Lipinski definition) is 6. The number of carbonyl (C=O) groups is 3. The highest BCUT2D eigenvalue weighted by Gasteiger charge is 2.70. The summed E-state index contributed by atoms with van der Waals surface area (Å²) in [5.74, 6) is -2.15. The summed E-state index contributed by atoms with van der Waals surface area (Å²) in [5, 5.41) is 14.3. The van der Waals surface area contributed by atoms with Crippen LogP contribution in [0.2, 0.25) is 0 Å². The van der Waals surface area contributed by atoms with Crippen LogP contribution in [0, 0.1) is 23.0 Å². The molecule has 1 N–H and O–H groups in total. The molecular formula is C34H25N3O5. The van der Waals surface area contributed by atoms with Gasteiger partial charge in [0.2, 0.25) is 5.91 Å². The number of Topliss-reactive ketones (excluding diaryl/α,β-unsaturated/α-hetero) is 2. The van der Waals surface area contributed by atoms with Crippen LogP contribution in [-0.4, -0.2) is 34.5 Å². The first-order chi connectivity index (χ1) is 20.3. The number of nitrogens with one attached hydrogen (secondary N) is 1.